The predicted octanol–water partition coefficient (Wildman–Crippen LogP) is 2.69. The van der Waals surface area contributed by atoms with Crippen molar-refractivity contribution in [3.05, 3.63) is 59.7 Å². The molecule has 24 heavy (non-hydrogen) atoms. The highest BCUT2D eigenvalue weighted by molar-refractivity contribution is 7.90. The first kappa shape index (κ1) is 18.0. The van der Waals surface area contributed by atoms with E-state index in [1.165, 1.54) is 27.1 Å². The molecule has 0 atom stereocenters. The Morgan fingerprint density at radius 3 is 2.38 bits per heavy atom. The van der Waals surface area contributed by atoms with Crippen molar-refractivity contribution in [2.45, 2.75) is 13.5 Å². The zero-order chi connectivity index (χ0) is 17.7. The van der Waals surface area contributed by atoms with Crippen LogP contribution < -0.4 is 9.46 Å². The molecule has 0 heterocycles. The molecule has 2 aromatic rings. The van der Waals surface area contributed by atoms with Crippen LogP contribution in [0.1, 0.15) is 22.8 Å². The normalized spacial score (nSPS) is 11.3. The maximum atomic E-state index is 12.1. The highest BCUT2D eigenvalue weighted by Crippen LogP contribution is 2.28. The van der Waals surface area contributed by atoms with Gasteiger partial charge in [0.25, 0.3) is 0 Å². The van der Waals surface area contributed by atoms with Crippen molar-refractivity contribution < 1.29 is 17.9 Å². The Morgan fingerprint density at radius 2 is 1.79 bits per heavy atom. The van der Waals surface area contributed by atoms with Gasteiger partial charge in [-0.2, -0.15) is 12.7 Å². The third-order valence-electron chi connectivity index (χ3n) is 3.34. The van der Waals surface area contributed by atoms with Gasteiger partial charge >= 0.3 is 10.2 Å². The Bertz CT molecular complexity index is 818. The zero-order valence-electron chi connectivity index (χ0n) is 13.8. The van der Waals surface area contributed by atoms with E-state index in [4.69, 9.17) is 4.74 Å². The van der Waals surface area contributed by atoms with Gasteiger partial charge < -0.3 is 4.74 Å². The molecule has 0 unspecified atom stereocenters. The average molecular weight is 348 g/mol. The van der Waals surface area contributed by atoms with E-state index in [9.17, 15) is 13.2 Å². The lowest BCUT2D eigenvalue weighted by molar-refractivity contribution is 0.101. The second-order valence-corrected chi connectivity index (χ2v) is 7.32. The predicted molar refractivity (Wildman–Crippen MR) is 93.5 cm³/mol. The monoisotopic (exact) mass is 348 g/mol. The van der Waals surface area contributed by atoms with Crippen LogP contribution in [0, 0.1) is 0 Å². The van der Waals surface area contributed by atoms with E-state index in [1.54, 1.807) is 12.1 Å². The second kappa shape index (κ2) is 7.46. The smallest absolute Gasteiger partial charge is 0.301 e. The van der Waals surface area contributed by atoms with Gasteiger partial charge in [0.1, 0.15) is 12.4 Å². The first-order valence-corrected chi connectivity index (χ1v) is 8.75. The lowest BCUT2D eigenvalue weighted by atomic mass is 10.1. The van der Waals surface area contributed by atoms with Crippen molar-refractivity contribution in [3.8, 4) is 5.75 Å². The van der Waals surface area contributed by atoms with Gasteiger partial charge in [-0.1, -0.05) is 30.3 Å². The summed E-state index contributed by atoms with van der Waals surface area (Å²) >= 11 is 0. The van der Waals surface area contributed by atoms with Gasteiger partial charge in [-0.3, -0.25) is 9.52 Å². The molecule has 2 rings (SSSR count). The van der Waals surface area contributed by atoms with Crippen molar-refractivity contribution in [1.82, 2.24) is 4.31 Å². The lowest BCUT2D eigenvalue weighted by Gasteiger charge is -2.17. The quantitative estimate of drug-likeness (QED) is 0.781. The minimum absolute atomic E-state index is 0.157. The van der Waals surface area contributed by atoms with Crippen LogP contribution in [0.15, 0.2) is 48.5 Å². The number of hydrogen-bond acceptors (Lipinski definition) is 4. The molecular formula is C17H20N2O4S. The topological polar surface area (TPSA) is 75.7 Å². The van der Waals surface area contributed by atoms with Crippen LogP contribution in [-0.2, 0) is 16.8 Å². The number of carbonyl (C=O) groups excluding carboxylic acids is 1. The van der Waals surface area contributed by atoms with Gasteiger partial charge in [0.2, 0.25) is 0 Å². The highest BCUT2D eigenvalue weighted by Gasteiger charge is 2.17. The SMILES string of the molecule is CC(=O)c1ccc(OCc2ccccc2)c(NS(=O)(=O)N(C)C)c1. The molecule has 0 radical (unpaired) electrons. The summed E-state index contributed by atoms with van der Waals surface area (Å²) in [6.45, 7) is 1.71. The van der Waals surface area contributed by atoms with Gasteiger partial charge in [0.15, 0.2) is 5.78 Å². The molecular weight excluding hydrogens is 328 g/mol. The number of nitrogens with zero attached hydrogens (tertiary/aromatic N) is 1. The molecule has 0 saturated heterocycles. The Labute approximate surface area is 142 Å². The summed E-state index contributed by atoms with van der Waals surface area (Å²) in [5.74, 6) is 0.198. The third-order valence-corrected chi connectivity index (χ3v) is 4.78. The molecule has 0 aromatic heterocycles. The van der Waals surface area contributed by atoms with E-state index in [2.05, 4.69) is 4.72 Å². The molecule has 1 N–H and O–H groups in total. The van der Waals surface area contributed by atoms with E-state index in [-0.39, 0.29) is 18.1 Å². The maximum absolute atomic E-state index is 12.1. The Morgan fingerprint density at radius 1 is 1.12 bits per heavy atom. The van der Waals surface area contributed by atoms with E-state index in [1.807, 2.05) is 30.3 Å². The first-order valence-electron chi connectivity index (χ1n) is 7.31. The number of benzene rings is 2. The minimum Gasteiger partial charge on any atom is -0.487 e. The fraction of sp³-hybridized carbons (Fsp3) is 0.235. The standard InChI is InChI=1S/C17H20N2O4S/c1-13(20)15-9-10-17(23-12-14-7-5-4-6-8-14)16(11-15)18-24(21,22)19(2)3/h4-11,18H,12H2,1-3H3. The molecule has 0 aliphatic heterocycles. The van der Waals surface area contributed by atoms with E-state index in [0.29, 0.717) is 11.3 Å². The summed E-state index contributed by atoms with van der Waals surface area (Å²) in [6.07, 6.45) is 0. The summed E-state index contributed by atoms with van der Waals surface area (Å²) in [7, 11) is -0.870. The van der Waals surface area contributed by atoms with Crippen LogP contribution in [0.5, 0.6) is 5.75 Å². The van der Waals surface area contributed by atoms with Crippen molar-refractivity contribution in [2.75, 3.05) is 18.8 Å². The number of ketones is 1. The van der Waals surface area contributed by atoms with Crippen LogP contribution >= 0.6 is 0 Å². The van der Waals surface area contributed by atoms with Gasteiger partial charge in [-0.15, -0.1) is 0 Å². The highest BCUT2D eigenvalue weighted by atomic mass is 32.2. The molecule has 0 amide bonds. The van der Waals surface area contributed by atoms with Crippen LogP contribution in [0.3, 0.4) is 0 Å². The van der Waals surface area contributed by atoms with Gasteiger partial charge in [-0.25, -0.2) is 0 Å². The van der Waals surface area contributed by atoms with Crippen LogP contribution in [-0.4, -0.2) is 32.6 Å². The molecule has 0 saturated carbocycles. The molecule has 2 aromatic carbocycles. The Kier molecular flexibility index (Phi) is 5.58. The first-order chi connectivity index (χ1) is 11.3. The molecule has 0 aliphatic carbocycles. The zero-order valence-corrected chi connectivity index (χ0v) is 14.6. The fourth-order valence-electron chi connectivity index (χ4n) is 1.92. The molecule has 0 fully saturated rings. The number of ether oxygens (including phenoxy) is 1. The lowest BCUT2D eigenvalue weighted by Crippen LogP contribution is -2.29. The van der Waals surface area contributed by atoms with Crippen molar-refractivity contribution >= 4 is 21.7 Å². The number of rotatable bonds is 7. The molecule has 7 heteroatoms. The number of carbonyl (C=O) groups is 1. The summed E-state index contributed by atoms with van der Waals surface area (Å²) in [5, 5.41) is 0. The molecule has 128 valence electrons. The van der Waals surface area contributed by atoms with Crippen LogP contribution in [0.4, 0.5) is 5.69 Å². The molecule has 6 nitrogen and oxygen atoms in total. The summed E-state index contributed by atoms with van der Waals surface area (Å²) in [5.41, 5.74) is 1.58. The fourth-order valence-corrected chi connectivity index (χ4v) is 2.54. The van der Waals surface area contributed by atoms with E-state index < -0.39 is 10.2 Å². The van der Waals surface area contributed by atoms with Crippen molar-refractivity contribution in [2.24, 2.45) is 0 Å². The number of nitrogens with one attached hydrogen (secondary N) is 1. The Balaban J connectivity index is 2.30. The molecule has 0 bridgehead atoms. The van der Waals surface area contributed by atoms with Crippen molar-refractivity contribution in [3.63, 3.8) is 0 Å². The third kappa shape index (κ3) is 4.56. The molecule has 0 spiro atoms. The summed E-state index contributed by atoms with van der Waals surface area (Å²) in [6, 6.07) is 14.2. The second-order valence-electron chi connectivity index (χ2n) is 5.43. The summed E-state index contributed by atoms with van der Waals surface area (Å²) < 4.78 is 33.4. The van der Waals surface area contributed by atoms with E-state index in [0.717, 1.165) is 9.87 Å². The van der Waals surface area contributed by atoms with Gasteiger partial charge in [0.05, 0.1) is 5.69 Å². The maximum Gasteiger partial charge on any atom is 0.301 e. The largest absolute Gasteiger partial charge is 0.487 e. The van der Waals surface area contributed by atoms with Crippen LogP contribution in [0.25, 0.3) is 0 Å². The van der Waals surface area contributed by atoms with E-state index >= 15 is 0 Å². The summed E-state index contributed by atoms with van der Waals surface area (Å²) in [4.78, 5) is 11.6. The number of Topliss-reactive ketones (excluding diaryl/α,β-unsaturated/α-hetero) is 1. The van der Waals surface area contributed by atoms with Crippen LogP contribution in [0.2, 0.25) is 0 Å². The van der Waals surface area contributed by atoms with Gasteiger partial charge in [0, 0.05) is 19.7 Å². The average Bonchev–Trinajstić information content (AvgIpc) is 2.54. The number of hydrogen-bond donors (Lipinski definition) is 1. The van der Waals surface area contributed by atoms with Crippen molar-refractivity contribution in [1.29, 1.82) is 0 Å². The number of anilines is 1. The minimum atomic E-state index is -3.71. The van der Waals surface area contributed by atoms with Gasteiger partial charge in [-0.05, 0) is 30.7 Å². The molecule has 0 aliphatic rings. The Hall–Kier alpha value is -2.38.